The number of phenols is 1. The molecule has 4 aromatic carbocycles. The molecule has 0 spiro atoms. The molecule has 5 nitrogen and oxygen atoms in total. The van der Waals surface area contributed by atoms with Crippen LogP contribution in [0.1, 0.15) is 15.9 Å². The van der Waals surface area contributed by atoms with Crippen LogP contribution in [0.5, 0.6) is 5.75 Å². The van der Waals surface area contributed by atoms with Gasteiger partial charge in [-0.2, -0.15) is 5.11 Å². The summed E-state index contributed by atoms with van der Waals surface area (Å²) >= 11 is 6.01. The second kappa shape index (κ2) is 8.35. The van der Waals surface area contributed by atoms with E-state index in [2.05, 4.69) is 15.5 Å². The fourth-order valence-electron chi connectivity index (χ4n) is 3.14. The maximum atomic E-state index is 12.9. The Morgan fingerprint density at radius 1 is 0.933 bits per heavy atom. The topological polar surface area (TPSA) is 74.0 Å². The third kappa shape index (κ3) is 4.02. The molecule has 0 aliphatic heterocycles. The van der Waals surface area contributed by atoms with Crippen molar-refractivity contribution < 1.29 is 9.90 Å². The number of hydrogen-bond donors (Lipinski definition) is 2. The predicted octanol–water partition coefficient (Wildman–Crippen LogP) is 7.17. The van der Waals surface area contributed by atoms with Gasteiger partial charge in [0.1, 0.15) is 5.69 Å². The van der Waals surface area contributed by atoms with Crippen LogP contribution in [0, 0.1) is 6.92 Å². The number of anilines is 1. The molecular weight excluding hydrogens is 398 g/mol. The van der Waals surface area contributed by atoms with Crippen molar-refractivity contribution in [3.8, 4) is 5.75 Å². The first kappa shape index (κ1) is 19.6. The van der Waals surface area contributed by atoms with Crippen LogP contribution in [0.25, 0.3) is 10.8 Å². The number of para-hydroxylation sites is 1. The number of carbonyl (C=O) groups is 1. The minimum Gasteiger partial charge on any atom is -0.505 e. The summed E-state index contributed by atoms with van der Waals surface area (Å²) in [6.07, 6.45) is 0. The third-order valence-electron chi connectivity index (χ3n) is 4.71. The van der Waals surface area contributed by atoms with Crippen LogP contribution in [-0.4, -0.2) is 11.0 Å². The van der Waals surface area contributed by atoms with Crippen LogP contribution < -0.4 is 5.32 Å². The molecule has 0 atom stereocenters. The summed E-state index contributed by atoms with van der Waals surface area (Å²) in [5.41, 5.74) is 2.49. The first-order valence-electron chi connectivity index (χ1n) is 9.32. The van der Waals surface area contributed by atoms with E-state index in [1.54, 1.807) is 30.3 Å². The fraction of sp³-hybridized carbons (Fsp3) is 0.0417. The Hall–Kier alpha value is -3.70. The van der Waals surface area contributed by atoms with Gasteiger partial charge < -0.3 is 10.4 Å². The van der Waals surface area contributed by atoms with E-state index in [0.29, 0.717) is 21.8 Å². The molecule has 4 rings (SSSR count). The first-order chi connectivity index (χ1) is 14.5. The lowest BCUT2D eigenvalue weighted by atomic mass is 10.0. The van der Waals surface area contributed by atoms with Crippen molar-refractivity contribution in [2.24, 2.45) is 10.2 Å². The van der Waals surface area contributed by atoms with Crippen molar-refractivity contribution in [2.45, 2.75) is 6.92 Å². The molecule has 0 aliphatic rings. The smallest absolute Gasteiger partial charge is 0.259 e. The molecule has 4 aromatic rings. The molecule has 148 valence electrons. The largest absolute Gasteiger partial charge is 0.505 e. The molecule has 2 N–H and O–H groups in total. The number of fused-ring (bicyclic) bond motifs is 1. The third-order valence-corrected chi connectivity index (χ3v) is 4.94. The van der Waals surface area contributed by atoms with Gasteiger partial charge in [0, 0.05) is 16.1 Å². The molecular formula is C24H18ClN3O2. The SMILES string of the molecule is Cc1ccccc1NC(=O)c1cc2ccccc2c(N=Nc2cccc(Cl)c2)c1O. The number of aryl methyl sites for hydroxylation is 1. The van der Waals surface area contributed by atoms with E-state index in [1.807, 2.05) is 55.5 Å². The van der Waals surface area contributed by atoms with Gasteiger partial charge in [-0.1, -0.05) is 60.1 Å². The minimum absolute atomic E-state index is 0.122. The van der Waals surface area contributed by atoms with Gasteiger partial charge in [-0.05, 0) is 48.2 Å². The summed E-state index contributed by atoms with van der Waals surface area (Å²) in [7, 11) is 0. The zero-order chi connectivity index (χ0) is 21.1. The van der Waals surface area contributed by atoms with E-state index in [9.17, 15) is 9.90 Å². The van der Waals surface area contributed by atoms with Crippen LogP contribution in [0.3, 0.4) is 0 Å². The number of carbonyl (C=O) groups excluding carboxylic acids is 1. The summed E-state index contributed by atoms with van der Waals surface area (Å²) in [6.45, 7) is 1.90. The van der Waals surface area contributed by atoms with Gasteiger partial charge >= 0.3 is 0 Å². The van der Waals surface area contributed by atoms with Gasteiger partial charge in [-0.25, -0.2) is 0 Å². The van der Waals surface area contributed by atoms with Crippen LogP contribution in [0.4, 0.5) is 17.1 Å². The van der Waals surface area contributed by atoms with Gasteiger partial charge in [-0.15, -0.1) is 5.11 Å². The number of halogens is 1. The number of phenolic OH excluding ortho intramolecular Hbond substituents is 1. The second-order valence-corrected chi connectivity index (χ2v) is 7.23. The predicted molar refractivity (Wildman–Crippen MR) is 120 cm³/mol. The molecule has 0 saturated heterocycles. The number of hydrogen-bond acceptors (Lipinski definition) is 4. The Labute approximate surface area is 178 Å². The van der Waals surface area contributed by atoms with Crippen molar-refractivity contribution in [2.75, 3.05) is 5.32 Å². The van der Waals surface area contributed by atoms with Crippen LogP contribution in [0.15, 0.2) is 89.1 Å². The molecule has 0 fully saturated rings. The van der Waals surface area contributed by atoms with E-state index >= 15 is 0 Å². The maximum Gasteiger partial charge on any atom is 0.259 e. The molecule has 1 amide bonds. The quantitative estimate of drug-likeness (QED) is 0.346. The Balaban J connectivity index is 1.79. The number of rotatable bonds is 4. The van der Waals surface area contributed by atoms with Gasteiger partial charge in [0.05, 0.1) is 11.3 Å². The minimum atomic E-state index is -0.424. The molecule has 0 unspecified atom stereocenters. The highest BCUT2D eigenvalue weighted by molar-refractivity contribution is 6.30. The summed E-state index contributed by atoms with van der Waals surface area (Å²) in [4.78, 5) is 12.9. The van der Waals surface area contributed by atoms with Gasteiger partial charge in [0.2, 0.25) is 0 Å². The second-order valence-electron chi connectivity index (χ2n) is 6.79. The van der Waals surface area contributed by atoms with Gasteiger partial charge in [-0.3, -0.25) is 4.79 Å². The van der Waals surface area contributed by atoms with E-state index in [1.165, 1.54) is 0 Å². The zero-order valence-electron chi connectivity index (χ0n) is 16.1. The summed E-state index contributed by atoms with van der Waals surface area (Å²) < 4.78 is 0. The highest BCUT2D eigenvalue weighted by Crippen LogP contribution is 2.39. The number of nitrogens with one attached hydrogen (secondary N) is 1. The normalized spacial score (nSPS) is 11.1. The Kier molecular flexibility index (Phi) is 5.46. The van der Waals surface area contributed by atoms with E-state index in [0.717, 1.165) is 10.9 Å². The van der Waals surface area contributed by atoms with Crippen LogP contribution in [0.2, 0.25) is 5.02 Å². The molecule has 0 radical (unpaired) electrons. The van der Waals surface area contributed by atoms with E-state index in [-0.39, 0.29) is 17.0 Å². The van der Waals surface area contributed by atoms with E-state index in [4.69, 9.17) is 11.6 Å². The molecule has 0 saturated carbocycles. The summed E-state index contributed by atoms with van der Waals surface area (Å²) in [5.74, 6) is -0.655. The number of aromatic hydroxyl groups is 1. The average Bonchev–Trinajstić information content (AvgIpc) is 2.74. The standard InChI is InChI=1S/C24H18ClN3O2/c1-15-7-2-5-12-21(15)26-24(30)20-13-16-8-3-4-11-19(16)22(23(20)29)28-27-18-10-6-9-17(25)14-18/h2-14,29H,1H3,(H,26,30). The lowest BCUT2D eigenvalue weighted by molar-refractivity contribution is 0.102. The molecule has 30 heavy (non-hydrogen) atoms. The average molecular weight is 416 g/mol. The van der Waals surface area contributed by atoms with Crippen molar-refractivity contribution in [1.29, 1.82) is 0 Å². The Morgan fingerprint density at radius 3 is 2.50 bits per heavy atom. The van der Waals surface area contributed by atoms with Crippen molar-refractivity contribution in [3.05, 3.63) is 95.0 Å². The van der Waals surface area contributed by atoms with Gasteiger partial charge in [0.25, 0.3) is 5.91 Å². The Bertz CT molecular complexity index is 1280. The number of nitrogens with zero attached hydrogens (tertiary/aromatic N) is 2. The first-order valence-corrected chi connectivity index (χ1v) is 9.70. The monoisotopic (exact) mass is 415 g/mol. The van der Waals surface area contributed by atoms with Crippen molar-refractivity contribution in [1.82, 2.24) is 0 Å². The molecule has 6 heteroatoms. The van der Waals surface area contributed by atoms with Crippen molar-refractivity contribution in [3.63, 3.8) is 0 Å². The van der Waals surface area contributed by atoms with Crippen molar-refractivity contribution >= 4 is 45.3 Å². The van der Waals surface area contributed by atoms with Crippen LogP contribution in [-0.2, 0) is 0 Å². The number of azo groups is 1. The summed E-state index contributed by atoms with van der Waals surface area (Å²) in [6, 6.07) is 23.4. The number of benzene rings is 4. The van der Waals surface area contributed by atoms with E-state index < -0.39 is 5.91 Å². The maximum absolute atomic E-state index is 12.9. The lowest BCUT2D eigenvalue weighted by Crippen LogP contribution is -2.13. The summed E-state index contributed by atoms with van der Waals surface area (Å²) in [5, 5.41) is 24.2. The molecule has 0 bridgehead atoms. The highest BCUT2D eigenvalue weighted by atomic mass is 35.5. The fourth-order valence-corrected chi connectivity index (χ4v) is 3.33. The highest BCUT2D eigenvalue weighted by Gasteiger charge is 2.19. The Morgan fingerprint density at radius 2 is 1.70 bits per heavy atom. The molecule has 0 aliphatic carbocycles. The number of amides is 1. The zero-order valence-corrected chi connectivity index (χ0v) is 16.9. The molecule has 0 heterocycles. The van der Waals surface area contributed by atoms with Gasteiger partial charge in [0.15, 0.2) is 5.75 Å². The molecule has 0 aromatic heterocycles. The van der Waals surface area contributed by atoms with Crippen LogP contribution >= 0.6 is 11.6 Å². The lowest BCUT2D eigenvalue weighted by Gasteiger charge is -2.12.